The molecule has 0 amide bonds. The second-order valence-electron chi connectivity index (χ2n) is 4.49. The first-order valence-electron chi connectivity index (χ1n) is 6.39. The van der Waals surface area contributed by atoms with Crippen LogP contribution in [0, 0.1) is 0 Å². The molecule has 0 bridgehead atoms. The molecule has 2 N–H and O–H groups in total. The number of carboxylic acids is 1. The topological polar surface area (TPSA) is 52.6 Å². The van der Waals surface area contributed by atoms with Crippen molar-refractivity contribution in [1.82, 2.24) is 10.2 Å². The Labute approximate surface area is 108 Å². The predicted octanol–water partition coefficient (Wildman–Crippen LogP) is 1.27. The third-order valence-corrected chi connectivity index (χ3v) is 5.04. The molecule has 1 aliphatic heterocycles. The highest BCUT2D eigenvalue weighted by Crippen LogP contribution is 2.35. The van der Waals surface area contributed by atoms with Crippen molar-refractivity contribution in [3.63, 3.8) is 0 Å². The Morgan fingerprint density at radius 3 is 2.59 bits per heavy atom. The lowest BCUT2D eigenvalue weighted by molar-refractivity contribution is -0.144. The minimum absolute atomic E-state index is 0.150. The number of hydrogen-bond acceptors (Lipinski definition) is 4. The maximum Gasteiger partial charge on any atom is 0.325 e. The van der Waals surface area contributed by atoms with Gasteiger partial charge in [-0.3, -0.25) is 10.1 Å². The minimum Gasteiger partial charge on any atom is -0.480 e. The molecule has 0 saturated carbocycles. The van der Waals surface area contributed by atoms with E-state index >= 15 is 0 Å². The predicted molar refractivity (Wildman–Crippen MR) is 72.7 cm³/mol. The van der Waals surface area contributed by atoms with E-state index in [1.54, 1.807) is 11.8 Å². The average molecular weight is 260 g/mol. The number of hydrogen-bond donors (Lipinski definition) is 2. The summed E-state index contributed by atoms with van der Waals surface area (Å²) in [6.07, 6.45) is 0.729. The van der Waals surface area contributed by atoms with Crippen LogP contribution in [0.25, 0.3) is 0 Å². The number of aliphatic carboxylic acids is 1. The van der Waals surface area contributed by atoms with E-state index < -0.39 is 11.5 Å². The quantitative estimate of drug-likeness (QED) is 0.722. The highest BCUT2D eigenvalue weighted by Gasteiger charge is 2.47. The summed E-state index contributed by atoms with van der Waals surface area (Å²) in [5.41, 5.74) is -0.710. The van der Waals surface area contributed by atoms with Gasteiger partial charge < -0.3 is 10.0 Å². The molecule has 1 heterocycles. The molecule has 1 saturated heterocycles. The lowest BCUT2D eigenvalue weighted by Crippen LogP contribution is -2.57. The van der Waals surface area contributed by atoms with Gasteiger partial charge >= 0.3 is 5.97 Å². The summed E-state index contributed by atoms with van der Waals surface area (Å²) in [6, 6.07) is 0. The lowest BCUT2D eigenvalue weighted by Gasteiger charge is -2.30. The van der Waals surface area contributed by atoms with Gasteiger partial charge in [-0.1, -0.05) is 20.8 Å². The Bertz CT molecular complexity index is 259. The van der Waals surface area contributed by atoms with Crippen molar-refractivity contribution < 1.29 is 9.90 Å². The fourth-order valence-electron chi connectivity index (χ4n) is 2.31. The molecule has 100 valence electrons. The van der Waals surface area contributed by atoms with Crippen molar-refractivity contribution in [2.45, 2.75) is 38.0 Å². The fraction of sp³-hybridized carbons (Fsp3) is 0.917. The summed E-state index contributed by atoms with van der Waals surface area (Å²) in [7, 11) is 0. The van der Waals surface area contributed by atoms with E-state index in [2.05, 4.69) is 24.1 Å². The third-order valence-electron chi connectivity index (χ3n) is 3.70. The zero-order valence-electron chi connectivity index (χ0n) is 11.0. The van der Waals surface area contributed by atoms with E-state index in [-0.39, 0.29) is 5.25 Å². The Balaban J connectivity index is 2.49. The molecule has 0 aromatic heterocycles. The normalized spacial score (nSPS) is 28.8. The summed E-state index contributed by atoms with van der Waals surface area (Å²) in [5.74, 6) is 0.237. The van der Waals surface area contributed by atoms with Crippen molar-refractivity contribution in [2.75, 3.05) is 31.9 Å². The molecule has 2 atom stereocenters. The molecule has 0 radical (unpaired) electrons. The van der Waals surface area contributed by atoms with Gasteiger partial charge in [0, 0.05) is 18.3 Å². The third kappa shape index (κ3) is 3.36. The van der Waals surface area contributed by atoms with Crippen molar-refractivity contribution in [3.8, 4) is 0 Å². The van der Waals surface area contributed by atoms with Crippen molar-refractivity contribution in [2.24, 2.45) is 0 Å². The number of rotatable bonds is 7. The molecular formula is C12H24N2O2S. The minimum atomic E-state index is -0.710. The summed E-state index contributed by atoms with van der Waals surface area (Å²) in [4.78, 5) is 13.8. The van der Waals surface area contributed by atoms with Gasteiger partial charge in [0.05, 0.1) is 0 Å². The SMILES string of the molecule is CCN(CC)CCNC1(C(=O)O)CCSC1C. The average Bonchev–Trinajstić information content (AvgIpc) is 2.67. The van der Waals surface area contributed by atoms with Gasteiger partial charge in [0.2, 0.25) is 0 Å². The van der Waals surface area contributed by atoms with Crippen molar-refractivity contribution in [3.05, 3.63) is 0 Å². The molecule has 1 fully saturated rings. The van der Waals surface area contributed by atoms with Crippen molar-refractivity contribution >= 4 is 17.7 Å². The summed E-state index contributed by atoms with van der Waals surface area (Å²) in [6.45, 7) is 9.97. The fourth-order valence-corrected chi connectivity index (χ4v) is 3.69. The summed E-state index contributed by atoms with van der Waals surface area (Å²) >= 11 is 1.75. The lowest BCUT2D eigenvalue weighted by atomic mass is 9.93. The number of thioether (sulfide) groups is 1. The van der Waals surface area contributed by atoms with Gasteiger partial charge in [-0.05, 0) is 25.3 Å². The van der Waals surface area contributed by atoms with Gasteiger partial charge in [-0.15, -0.1) is 0 Å². The summed E-state index contributed by atoms with van der Waals surface area (Å²) < 4.78 is 0. The molecule has 1 rings (SSSR count). The smallest absolute Gasteiger partial charge is 0.325 e. The molecule has 0 aliphatic carbocycles. The standard InChI is InChI=1S/C12H24N2O2S/c1-4-14(5-2)8-7-13-12(11(15)16)6-9-17-10(12)3/h10,13H,4-9H2,1-3H3,(H,15,16). The van der Waals surface area contributed by atoms with Gasteiger partial charge in [-0.2, -0.15) is 11.8 Å². The second-order valence-corrected chi connectivity index (χ2v) is 5.94. The van der Waals surface area contributed by atoms with E-state index in [0.29, 0.717) is 0 Å². The number of nitrogens with one attached hydrogen (secondary N) is 1. The van der Waals surface area contributed by atoms with Crippen LogP contribution in [0.1, 0.15) is 27.2 Å². The number of carboxylic acid groups (broad SMARTS) is 1. The number of carbonyl (C=O) groups is 1. The highest BCUT2D eigenvalue weighted by molar-refractivity contribution is 8.00. The molecule has 0 aromatic carbocycles. The summed E-state index contributed by atoms with van der Waals surface area (Å²) in [5, 5.41) is 12.9. The Hall–Kier alpha value is -0.260. The van der Waals surface area contributed by atoms with Crippen LogP contribution in [0.2, 0.25) is 0 Å². The van der Waals surface area contributed by atoms with Gasteiger partial charge in [0.25, 0.3) is 0 Å². The van der Waals surface area contributed by atoms with Crippen LogP contribution in [0.4, 0.5) is 0 Å². The molecular weight excluding hydrogens is 236 g/mol. The van der Waals surface area contributed by atoms with E-state index in [0.717, 1.165) is 38.4 Å². The van der Waals surface area contributed by atoms with Gasteiger partial charge in [0.15, 0.2) is 0 Å². The molecule has 0 aromatic rings. The van der Waals surface area contributed by atoms with Crippen LogP contribution in [0.15, 0.2) is 0 Å². The van der Waals surface area contributed by atoms with E-state index in [1.165, 1.54) is 0 Å². The molecule has 0 spiro atoms. The van der Waals surface area contributed by atoms with E-state index in [1.807, 2.05) is 6.92 Å². The molecule has 1 aliphatic rings. The van der Waals surface area contributed by atoms with Crippen LogP contribution in [-0.2, 0) is 4.79 Å². The maximum atomic E-state index is 11.5. The van der Waals surface area contributed by atoms with E-state index in [4.69, 9.17) is 0 Å². The number of nitrogens with zero attached hydrogens (tertiary/aromatic N) is 1. The zero-order chi connectivity index (χ0) is 12.9. The first-order valence-corrected chi connectivity index (χ1v) is 7.44. The molecule has 4 nitrogen and oxygen atoms in total. The zero-order valence-corrected chi connectivity index (χ0v) is 11.8. The molecule has 17 heavy (non-hydrogen) atoms. The Kier molecular flexibility index (Phi) is 5.76. The van der Waals surface area contributed by atoms with Crippen LogP contribution in [0.3, 0.4) is 0 Å². The highest BCUT2D eigenvalue weighted by atomic mass is 32.2. The largest absolute Gasteiger partial charge is 0.480 e. The molecule has 2 unspecified atom stereocenters. The van der Waals surface area contributed by atoms with Crippen LogP contribution < -0.4 is 5.32 Å². The first-order chi connectivity index (χ1) is 8.06. The Morgan fingerprint density at radius 2 is 2.18 bits per heavy atom. The van der Waals surface area contributed by atoms with E-state index in [9.17, 15) is 9.90 Å². The number of likely N-dealkylation sites (N-methyl/N-ethyl adjacent to an activating group) is 1. The molecule has 5 heteroatoms. The Morgan fingerprint density at radius 1 is 1.53 bits per heavy atom. The second kappa shape index (κ2) is 6.61. The van der Waals surface area contributed by atoms with Gasteiger partial charge in [-0.25, -0.2) is 0 Å². The van der Waals surface area contributed by atoms with Crippen LogP contribution >= 0.6 is 11.8 Å². The van der Waals surface area contributed by atoms with Gasteiger partial charge in [0.1, 0.15) is 5.54 Å². The van der Waals surface area contributed by atoms with Crippen LogP contribution in [-0.4, -0.2) is 58.7 Å². The first kappa shape index (κ1) is 14.8. The van der Waals surface area contributed by atoms with Crippen molar-refractivity contribution in [1.29, 1.82) is 0 Å². The maximum absolute atomic E-state index is 11.5. The van der Waals surface area contributed by atoms with Crippen LogP contribution in [0.5, 0.6) is 0 Å². The monoisotopic (exact) mass is 260 g/mol.